The summed E-state index contributed by atoms with van der Waals surface area (Å²) in [6.45, 7) is 9.64. The number of unbranched alkanes of at least 4 members (excludes halogenated alkanes) is 16. The first kappa shape index (κ1) is 51.0. The lowest BCUT2D eigenvalue weighted by atomic mass is 9.93. The Kier molecular flexibility index (Phi) is 26.4. The summed E-state index contributed by atoms with van der Waals surface area (Å²) in [7, 11) is 0. The SMILES string of the molecule is C=CCO[C@@H]1O[C@H](COCc2ccccc2)[C@@H](OCc2ccccc2)[C@H](OCc2ccccc2)[C@H]1N(C(=O)CCCCCCCCCCC)C(=O)CCCCCCCCCCC. The molecule has 0 unspecified atom stereocenters. The molecule has 0 N–H and O–H groups in total. The van der Waals surface area contributed by atoms with Gasteiger partial charge in [-0.15, -0.1) is 6.58 Å². The zero-order valence-corrected chi connectivity index (χ0v) is 38.3. The van der Waals surface area contributed by atoms with Gasteiger partial charge in [-0.2, -0.15) is 0 Å². The fraction of sp³-hybridized carbons (Fsp3) is 0.593. The van der Waals surface area contributed by atoms with Crippen molar-refractivity contribution in [3.63, 3.8) is 0 Å². The van der Waals surface area contributed by atoms with Gasteiger partial charge in [-0.05, 0) is 29.5 Å². The Balaban J connectivity index is 1.64. The molecule has 342 valence electrons. The molecule has 8 nitrogen and oxygen atoms in total. The molecule has 1 saturated heterocycles. The summed E-state index contributed by atoms with van der Waals surface area (Å²) in [5.41, 5.74) is 2.99. The molecule has 8 heteroatoms. The van der Waals surface area contributed by atoms with Crippen LogP contribution in [-0.4, -0.2) is 60.6 Å². The molecular weight excluding hydrogens is 775 g/mol. The van der Waals surface area contributed by atoms with Crippen molar-refractivity contribution >= 4 is 11.8 Å². The van der Waals surface area contributed by atoms with E-state index in [9.17, 15) is 9.59 Å². The van der Waals surface area contributed by atoms with E-state index in [4.69, 9.17) is 23.7 Å². The number of hydrogen-bond acceptors (Lipinski definition) is 7. The van der Waals surface area contributed by atoms with Gasteiger partial charge in [0.1, 0.15) is 24.4 Å². The lowest BCUT2D eigenvalue weighted by molar-refractivity contribution is -0.300. The highest BCUT2D eigenvalue weighted by Gasteiger charge is 2.53. The van der Waals surface area contributed by atoms with E-state index in [-0.39, 0.29) is 51.1 Å². The molecule has 4 rings (SSSR count). The molecule has 2 amide bonds. The van der Waals surface area contributed by atoms with Crippen LogP contribution < -0.4 is 0 Å². The summed E-state index contributed by atoms with van der Waals surface area (Å²) in [5.74, 6) is -0.438. The Morgan fingerprint density at radius 2 is 0.952 bits per heavy atom. The van der Waals surface area contributed by atoms with Crippen LogP contribution in [0.4, 0.5) is 0 Å². The molecule has 0 saturated carbocycles. The van der Waals surface area contributed by atoms with E-state index in [1.807, 2.05) is 91.0 Å². The van der Waals surface area contributed by atoms with Crippen molar-refractivity contribution in [2.24, 2.45) is 0 Å². The Hall–Kier alpha value is -3.66. The predicted molar refractivity (Wildman–Crippen MR) is 250 cm³/mol. The molecular formula is C54H79NO7. The monoisotopic (exact) mass is 854 g/mol. The molecule has 3 aromatic carbocycles. The highest BCUT2D eigenvalue weighted by atomic mass is 16.7. The number of nitrogens with zero attached hydrogens (tertiary/aromatic N) is 1. The van der Waals surface area contributed by atoms with Gasteiger partial charge in [0.05, 0.1) is 33.0 Å². The highest BCUT2D eigenvalue weighted by Crippen LogP contribution is 2.34. The maximum atomic E-state index is 14.7. The number of imide groups is 1. The number of ether oxygens (including phenoxy) is 5. The summed E-state index contributed by atoms with van der Waals surface area (Å²) in [5, 5.41) is 0. The van der Waals surface area contributed by atoms with Gasteiger partial charge in [0.15, 0.2) is 6.29 Å². The molecule has 0 aromatic heterocycles. The summed E-state index contributed by atoms with van der Waals surface area (Å²) >= 11 is 0. The van der Waals surface area contributed by atoms with Crippen LogP contribution in [0.25, 0.3) is 0 Å². The maximum absolute atomic E-state index is 14.7. The molecule has 5 atom stereocenters. The third kappa shape index (κ3) is 19.4. The summed E-state index contributed by atoms with van der Waals surface area (Å²) in [4.78, 5) is 30.9. The number of carbonyl (C=O) groups excluding carboxylic acids is 2. The van der Waals surface area contributed by atoms with Crippen molar-refractivity contribution in [1.29, 1.82) is 0 Å². The number of carbonyl (C=O) groups is 2. The average molecular weight is 854 g/mol. The van der Waals surface area contributed by atoms with E-state index in [1.165, 1.54) is 69.1 Å². The molecule has 0 spiro atoms. The highest BCUT2D eigenvalue weighted by molar-refractivity contribution is 5.95. The zero-order valence-electron chi connectivity index (χ0n) is 38.3. The van der Waals surface area contributed by atoms with Gasteiger partial charge in [0.2, 0.25) is 11.8 Å². The predicted octanol–water partition coefficient (Wildman–Crippen LogP) is 12.9. The second-order valence-electron chi connectivity index (χ2n) is 17.0. The van der Waals surface area contributed by atoms with Crippen LogP contribution in [0.5, 0.6) is 0 Å². The van der Waals surface area contributed by atoms with E-state index >= 15 is 0 Å². The van der Waals surface area contributed by atoms with Crippen LogP contribution in [0.3, 0.4) is 0 Å². The van der Waals surface area contributed by atoms with Crippen molar-refractivity contribution in [1.82, 2.24) is 4.90 Å². The normalized spacial score (nSPS) is 18.7. The summed E-state index contributed by atoms with van der Waals surface area (Å²) in [6, 6.07) is 29.1. The third-order valence-corrected chi connectivity index (χ3v) is 11.8. The van der Waals surface area contributed by atoms with E-state index in [0.29, 0.717) is 19.4 Å². The zero-order chi connectivity index (χ0) is 43.9. The first-order valence-corrected chi connectivity index (χ1v) is 24.2. The van der Waals surface area contributed by atoms with E-state index < -0.39 is 30.6 Å². The first-order valence-electron chi connectivity index (χ1n) is 24.2. The van der Waals surface area contributed by atoms with Gasteiger partial charge < -0.3 is 23.7 Å². The Morgan fingerprint density at radius 3 is 1.39 bits per heavy atom. The molecule has 1 heterocycles. The van der Waals surface area contributed by atoms with Crippen molar-refractivity contribution in [3.05, 3.63) is 120 Å². The topological polar surface area (TPSA) is 83.5 Å². The minimum Gasteiger partial charge on any atom is -0.374 e. The average Bonchev–Trinajstić information content (AvgIpc) is 3.30. The Morgan fingerprint density at radius 1 is 0.548 bits per heavy atom. The van der Waals surface area contributed by atoms with Crippen LogP contribution in [-0.2, 0) is 53.1 Å². The van der Waals surface area contributed by atoms with E-state index in [2.05, 4.69) is 20.4 Å². The fourth-order valence-corrected chi connectivity index (χ4v) is 8.28. The first-order chi connectivity index (χ1) is 30.5. The minimum atomic E-state index is -1.00. The molecule has 3 aromatic rings. The summed E-state index contributed by atoms with van der Waals surface area (Å²) < 4.78 is 33.4. The van der Waals surface area contributed by atoms with Crippen LogP contribution in [0, 0.1) is 0 Å². The van der Waals surface area contributed by atoms with E-state index in [1.54, 1.807) is 6.08 Å². The maximum Gasteiger partial charge on any atom is 0.229 e. The van der Waals surface area contributed by atoms with Crippen LogP contribution in [0.15, 0.2) is 104 Å². The largest absolute Gasteiger partial charge is 0.374 e. The molecule has 0 bridgehead atoms. The molecule has 1 fully saturated rings. The fourth-order valence-electron chi connectivity index (χ4n) is 8.28. The van der Waals surface area contributed by atoms with Crippen LogP contribution >= 0.6 is 0 Å². The van der Waals surface area contributed by atoms with Gasteiger partial charge in [-0.3, -0.25) is 14.5 Å². The van der Waals surface area contributed by atoms with Gasteiger partial charge in [-0.1, -0.05) is 214 Å². The second kappa shape index (κ2) is 32.1. The Bertz CT molecular complexity index is 1550. The smallest absolute Gasteiger partial charge is 0.229 e. The minimum absolute atomic E-state index is 0.159. The second-order valence-corrected chi connectivity index (χ2v) is 17.0. The molecule has 1 aliphatic rings. The summed E-state index contributed by atoms with van der Waals surface area (Å²) in [6.07, 6.45) is 19.4. The molecule has 1 aliphatic heterocycles. The number of hydrogen-bond donors (Lipinski definition) is 0. The lowest BCUT2D eigenvalue weighted by Crippen LogP contribution is -2.68. The lowest BCUT2D eigenvalue weighted by Gasteiger charge is -2.49. The number of benzene rings is 3. The van der Waals surface area contributed by atoms with E-state index in [0.717, 1.165) is 55.2 Å². The Labute approximate surface area is 375 Å². The third-order valence-electron chi connectivity index (χ3n) is 11.8. The van der Waals surface area contributed by atoms with Gasteiger partial charge in [-0.25, -0.2) is 0 Å². The quantitative estimate of drug-likeness (QED) is 0.0437. The van der Waals surface area contributed by atoms with Crippen molar-refractivity contribution < 1.29 is 33.3 Å². The molecule has 0 aliphatic carbocycles. The molecule has 62 heavy (non-hydrogen) atoms. The molecule has 0 radical (unpaired) electrons. The van der Waals surface area contributed by atoms with Gasteiger partial charge >= 0.3 is 0 Å². The van der Waals surface area contributed by atoms with Gasteiger partial charge in [0, 0.05) is 12.8 Å². The van der Waals surface area contributed by atoms with Crippen molar-refractivity contribution in [2.45, 2.75) is 193 Å². The van der Waals surface area contributed by atoms with Gasteiger partial charge in [0.25, 0.3) is 0 Å². The van der Waals surface area contributed by atoms with Crippen molar-refractivity contribution in [2.75, 3.05) is 13.2 Å². The van der Waals surface area contributed by atoms with Crippen molar-refractivity contribution in [3.8, 4) is 0 Å². The van der Waals surface area contributed by atoms with Crippen LogP contribution in [0.1, 0.15) is 159 Å². The number of rotatable bonds is 34. The standard InChI is InChI=1S/C54H79NO7/c1-4-7-9-11-13-15-17-19-30-38-49(56)55(50(57)39-31-20-18-16-14-12-10-8-5-2)51-53(61-43-47-36-28-23-29-37-47)52(60-42-46-34-26-22-27-35-46)48(62-54(51)59-40-6-3)44-58-41-45-32-24-21-25-33-45/h6,21-29,32-37,48,51-54H,3-5,7-20,30-31,38-44H2,1-2H3/t48-,51-,52-,53-,54-/m1/s1. The van der Waals surface area contributed by atoms with Crippen LogP contribution in [0.2, 0.25) is 0 Å². The number of amides is 2.